The van der Waals surface area contributed by atoms with Gasteiger partial charge in [0.05, 0.1) is 11.6 Å². The van der Waals surface area contributed by atoms with Crippen LogP contribution in [0.15, 0.2) is 48.8 Å². The molecule has 2 rings (SSSR count). The highest BCUT2D eigenvalue weighted by atomic mass is 16.2. The highest BCUT2D eigenvalue weighted by Crippen LogP contribution is 2.10. The first-order chi connectivity index (χ1) is 8.78. The molecule has 0 bridgehead atoms. The molecule has 1 aromatic heterocycles. The Balaban J connectivity index is 1.97. The number of nitriles is 1. The van der Waals surface area contributed by atoms with Gasteiger partial charge in [-0.2, -0.15) is 5.26 Å². The van der Waals surface area contributed by atoms with E-state index in [2.05, 4.69) is 15.6 Å². The number of carbonyl (C=O) groups excluding carboxylic acids is 1. The molecule has 0 saturated carbocycles. The van der Waals surface area contributed by atoms with Crippen LogP contribution in [0.5, 0.6) is 0 Å². The molecule has 88 valence electrons. The summed E-state index contributed by atoms with van der Waals surface area (Å²) in [6, 6.07) is 11.7. The van der Waals surface area contributed by atoms with Gasteiger partial charge in [-0.3, -0.25) is 4.98 Å². The monoisotopic (exact) mass is 238 g/mol. The number of aromatic nitrogens is 1. The Bertz CT molecular complexity index is 572. The minimum Gasteiger partial charge on any atom is -0.308 e. The molecule has 2 N–H and O–H groups in total. The molecular formula is C13H10N4O. The minimum atomic E-state index is -0.342. The van der Waals surface area contributed by atoms with E-state index in [4.69, 9.17) is 5.26 Å². The van der Waals surface area contributed by atoms with Gasteiger partial charge in [0.2, 0.25) is 0 Å². The number of pyridine rings is 1. The van der Waals surface area contributed by atoms with Crippen molar-refractivity contribution in [2.75, 3.05) is 10.6 Å². The Morgan fingerprint density at radius 3 is 2.11 bits per heavy atom. The second-order valence-corrected chi connectivity index (χ2v) is 3.50. The molecular weight excluding hydrogens is 228 g/mol. The lowest BCUT2D eigenvalue weighted by Crippen LogP contribution is -2.19. The summed E-state index contributed by atoms with van der Waals surface area (Å²) in [6.07, 6.45) is 3.19. The van der Waals surface area contributed by atoms with Gasteiger partial charge in [-0.1, -0.05) is 0 Å². The summed E-state index contributed by atoms with van der Waals surface area (Å²) in [7, 11) is 0. The number of amides is 2. The van der Waals surface area contributed by atoms with Crippen LogP contribution in [0.1, 0.15) is 5.56 Å². The predicted molar refractivity (Wildman–Crippen MR) is 68.0 cm³/mol. The number of carbonyl (C=O) groups is 1. The Morgan fingerprint density at radius 2 is 1.56 bits per heavy atom. The topological polar surface area (TPSA) is 77.8 Å². The van der Waals surface area contributed by atoms with Gasteiger partial charge in [0.25, 0.3) is 0 Å². The lowest BCUT2D eigenvalue weighted by atomic mass is 10.2. The number of nitrogens with zero attached hydrogens (tertiary/aromatic N) is 2. The Morgan fingerprint density at radius 1 is 1.00 bits per heavy atom. The van der Waals surface area contributed by atoms with Crippen LogP contribution in [0.25, 0.3) is 0 Å². The van der Waals surface area contributed by atoms with Crippen LogP contribution < -0.4 is 10.6 Å². The van der Waals surface area contributed by atoms with Crippen LogP contribution >= 0.6 is 0 Å². The average molecular weight is 238 g/mol. The number of nitrogens with one attached hydrogen (secondary N) is 2. The number of rotatable bonds is 2. The third kappa shape index (κ3) is 3.06. The molecule has 0 aliphatic rings. The van der Waals surface area contributed by atoms with E-state index in [1.54, 1.807) is 48.8 Å². The van der Waals surface area contributed by atoms with Gasteiger partial charge < -0.3 is 10.6 Å². The first-order valence-corrected chi connectivity index (χ1v) is 5.26. The zero-order chi connectivity index (χ0) is 12.8. The van der Waals surface area contributed by atoms with Crippen LogP contribution in [0.3, 0.4) is 0 Å². The summed E-state index contributed by atoms with van der Waals surface area (Å²) in [4.78, 5) is 15.5. The van der Waals surface area contributed by atoms with Crippen molar-refractivity contribution in [3.63, 3.8) is 0 Å². The molecule has 1 heterocycles. The van der Waals surface area contributed by atoms with E-state index in [9.17, 15) is 4.79 Å². The summed E-state index contributed by atoms with van der Waals surface area (Å²) >= 11 is 0. The fourth-order valence-corrected chi connectivity index (χ4v) is 1.36. The van der Waals surface area contributed by atoms with Crippen LogP contribution in [-0.2, 0) is 0 Å². The number of anilines is 2. The maximum atomic E-state index is 11.6. The molecule has 1 aromatic carbocycles. The van der Waals surface area contributed by atoms with Crippen molar-refractivity contribution in [1.29, 1.82) is 5.26 Å². The second kappa shape index (κ2) is 5.46. The zero-order valence-electron chi connectivity index (χ0n) is 9.42. The summed E-state index contributed by atoms with van der Waals surface area (Å²) in [5.41, 5.74) is 1.84. The highest BCUT2D eigenvalue weighted by molar-refractivity contribution is 5.99. The van der Waals surface area contributed by atoms with Crippen molar-refractivity contribution in [2.24, 2.45) is 0 Å². The van der Waals surface area contributed by atoms with E-state index >= 15 is 0 Å². The van der Waals surface area contributed by atoms with Crippen molar-refractivity contribution in [3.8, 4) is 6.07 Å². The average Bonchev–Trinajstić information content (AvgIpc) is 2.40. The van der Waals surface area contributed by atoms with Crippen LogP contribution in [0.2, 0.25) is 0 Å². The number of urea groups is 1. The van der Waals surface area contributed by atoms with Gasteiger partial charge >= 0.3 is 6.03 Å². The molecule has 0 fully saturated rings. The number of benzene rings is 1. The van der Waals surface area contributed by atoms with Crippen molar-refractivity contribution >= 4 is 17.4 Å². The van der Waals surface area contributed by atoms with Crippen molar-refractivity contribution in [1.82, 2.24) is 4.98 Å². The van der Waals surface area contributed by atoms with Gasteiger partial charge in [0.1, 0.15) is 0 Å². The summed E-state index contributed by atoms with van der Waals surface area (Å²) in [5, 5.41) is 14.0. The maximum absolute atomic E-state index is 11.6. The first-order valence-electron chi connectivity index (χ1n) is 5.26. The van der Waals surface area contributed by atoms with Gasteiger partial charge in [-0.15, -0.1) is 0 Å². The molecule has 5 heteroatoms. The van der Waals surface area contributed by atoms with Crippen molar-refractivity contribution < 1.29 is 4.79 Å². The van der Waals surface area contributed by atoms with Gasteiger partial charge in [0.15, 0.2) is 0 Å². The lowest BCUT2D eigenvalue weighted by molar-refractivity contribution is 0.262. The molecule has 0 aliphatic heterocycles. The van der Waals surface area contributed by atoms with Crippen molar-refractivity contribution in [3.05, 3.63) is 54.4 Å². The van der Waals surface area contributed by atoms with E-state index in [0.29, 0.717) is 16.9 Å². The van der Waals surface area contributed by atoms with E-state index < -0.39 is 0 Å². The Hall–Kier alpha value is -2.87. The normalized spacial score (nSPS) is 9.28. The van der Waals surface area contributed by atoms with Gasteiger partial charge in [-0.05, 0) is 36.4 Å². The van der Waals surface area contributed by atoms with E-state index in [-0.39, 0.29) is 6.03 Å². The number of hydrogen-bond donors (Lipinski definition) is 2. The highest BCUT2D eigenvalue weighted by Gasteiger charge is 2.02. The standard InChI is InChI=1S/C13H10N4O/c14-9-10-1-3-11(4-2-10)16-13(18)17-12-5-7-15-8-6-12/h1-8H,(H2,15,16,17,18). The molecule has 5 nitrogen and oxygen atoms in total. The molecule has 0 aliphatic carbocycles. The second-order valence-electron chi connectivity index (χ2n) is 3.50. The molecule has 2 amide bonds. The molecule has 0 saturated heterocycles. The quantitative estimate of drug-likeness (QED) is 0.844. The fourth-order valence-electron chi connectivity index (χ4n) is 1.36. The fraction of sp³-hybridized carbons (Fsp3) is 0. The maximum Gasteiger partial charge on any atom is 0.323 e. The Kier molecular flexibility index (Phi) is 3.52. The van der Waals surface area contributed by atoms with Crippen LogP contribution in [-0.4, -0.2) is 11.0 Å². The zero-order valence-corrected chi connectivity index (χ0v) is 9.42. The first kappa shape index (κ1) is 11.6. The molecule has 2 aromatic rings. The minimum absolute atomic E-state index is 0.342. The molecule has 0 spiro atoms. The van der Waals surface area contributed by atoms with E-state index in [1.807, 2.05) is 6.07 Å². The number of hydrogen-bond acceptors (Lipinski definition) is 3. The van der Waals surface area contributed by atoms with Crippen LogP contribution in [0, 0.1) is 11.3 Å². The third-order valence-electron chi connectivity index (χ3n) is 2.21. The van der Waals surface area contributed by atoms with Gasteiger partial charge in [-0.25, -0.2) is 4.79 Å². The Labute approximate surface area is 104 Å². The van der Waals surface area contributed by atoms with E-state index in [1.165, 1.54) is 0 Å². The summed E-state index contributed by atoms with van der Waals surface area (Å²) in [5.74, 6) is 0. The summed E-state index contributed by atoms with van der Waals surface area (Å²) in [6.45, 7) is 0. The molecule has 0 atom stereocenters. The van der Waals surface area contributed by atoms with E-state index in [0.717, 1.165) is 0 Å². The van der Waals surface area contributed by atoms with Gasteiger partial charge in [0, 0.05) is 23.8 Å². The largest absolute Gasteiger partial charge is 0.323 e. The van der Waals surface area contributed by atoms with Crippen molar-refractivity contribution in [2.45, 2.75) is 0 Å². The smallest absolute Gasteiger partial charge is 0.308 e. The predicted octanol–water partition coefficient (Wildman–Crippen LogP) is 2.60. The van der Waals surface area contributed by atoms with Crippen LogP contribution in [0.4, 0.5) is 16.2 Å². The SMILES string of the molecule is N#Cc1ccc(NC(=O)Nc2ccncc2)cc1. The summed E-state index contributed by atoms with van der Waals surface area (Å²) < 4.78 is 0. The molecule has 18 heavy (non-hydrogen) atoms. The third-order valence-corrected chi connectivity index (χ3v) is 2.21. The molecule has 0 radical (unpaired) electrons. The lowest BCUT2D eigenvalue weighted by Gasteiger charge is -2.07. The molecule has 0 unspecified atom stereocenters.